The monoisotopic (exact) mass is 905 g/mol. The summed E-state index contributed by atoms with van der Waals surface area (Å²) in [6, 6.07) is 0. The van der Waals surface area contributed by atoms with Gasteiger partial charge in [0.25, 0.3) is 0 Å². The molecule has 0 spiro atoms. The number of ether oxygens (including phenoxy) is 3. The first kappa shape index (κ1) is 61.6. The van der Waals surface area contributed by atoms with E-state index in [4.69, 9.17) is 14.2 Å². The van der Waals surface area contributed by atoms with Gasteiger partial charge in [0, 0.05) is 19.3 Å². The Morgan fingerprint density at radius 1 is 0.323 bits per heavy atom. The minimum absolute atomic E-state index is 0.0903. The lowest BCUT2D eigenvalue weighted by molar-refractivity contribution is -0.167. The molecule has 1 unspecified atom stereocenters. The zero-order chi connectivity index (χ0) is 47.2. The number of rotatable bonds is 48. The molecule has 0 fully saturated rings. The van der Waals surface area contributed by atoms with Crippen LogP contribution in [-0.2, 0) is 28.6 Å². The van der Waals surface area contributed by atoms with Crippen molar-refractivity contribution in [1.82, 2.24) is 0 Å². The van der Waals surface area contributed by atoms with Crippen molar-refractivity contribution in [2.75, 3.05) is 13.2 Å². The summed E-state index contributed by atoms with van der Waals surface area (Å²) in [6.45, 7) is 6.46. The number of allylic oxidation sites excluding steroid dienone is 14. The van der Waals surface area contributed by atoms with Crippen molar-refractivity contribution in [3.8, 4) is 0 Å². The highest BCUT2D eigenvalue weighted by molar-refractivity contribution is 5.71. The van der Waals surface area contributed by atoms with Crippen LogP contribution in [0, 0.1) is 0 Å². The number of esters is 3. The van der Waals surface area contributed by atoms with Gasteiger partial charge in [0.1, 0.15) is 13.2 Å². The van der Waals surface area contributed by atoms with Gasteiger partial charge in [-0.2, -0.15) is 0 Å². The topological polar surface area (TPSA) is 78.9 Å². The summed E-state index contributed by atoms with van der Waals surface area (Å²) in [5.74, 6) is -0.929. The minimum Gasteiger partial charge on any atom is -0.462 e. The van der Waals surface area contributed by atoms with Crippen LogP contribution < -0.4 is 0 Å². The molecular weight excluding hydrogens is 805 g/mol. The molecule has 0 N–H and O–H groups in total. The lowest BCUT2D eigenvalue weighted by Gasteiger charge is -2.18. The lowest BCUT2D eigenvalue weighted by atomic mass is 10.1. The minimum atomic E-state index is -0.793. The Hall–Kier alpha value is -3.41. The molecule has 0 bridgehead atoms. The van der Waals surface area contributed by atoms with Crippen molar-refractivity contribution in [3.05, 3.63) is 85.1 Å². The van der Waals surface area contributed by atoms with Crippen molar-refractivity contribution in [3.63, 3.8) is 0 Å². The highest BCUT2D eigenvalue weighted by Crippen LogP contribution is 2.14. The molecule has 0 aromatic rings. The maximum atomic E-state index is 12.8. The largest absolute Gasteiger partial charge is 0.462 e. The lowest BCUT2D eigenvalue weighted by Crippen LogP contribution is -2.30. The van der Waals surface area contributed by atoms with E-state index in [0.29, 0.717) is 19.3 Å². The van der Waals surface area contributed by atoms with Gasteiger partial charge in [0.2, 0.25) is 0 Å². The Morgan fingerprint density at radius 2 is 0.600 bits per heavy atom. The van der Waals surface area contributed by atoms with Gasteiger partial charge in [-0.15, -0.1) is 0 Å². The van der Waals surface area contributed by atoms with Gasteiger partial charge < -0.3 is 14.2 Å². The number of hydrogen-bond acceptors (Lipinski definition) is 6. The van der Waals surface area contributed by atoms with Gasteiger partial charge in [-0.1, -0.05) is 221 Å². The number of hydrogen-bond donors (Lipinski definition) is 0. The quantitative estimate of drug-likeness (QED) is 0.0262. The molecule has 0 aromatic heterocycles. The van der Waals surface area contributed by atoms with E-state index in [-0.39, 0.29) is 31.1 Å². The average molecular weight is 905 g/mol. The number of unbranched alkanes of at least 4 members (excludes halogenated alkanes) is 23. The summed E-state index contributed by atoms with van der Waals surface area (Å²) in [7, 11) is 0. The molecule has 1 atom stereocenters. The van der Waals surface area contributed by atoms with E-state index in [0.717, 1.165) is 116 Å². The van der Waals surface area contributed by atoms with Gasteiger partial charge in [0.15, 0.2) is 6.10 Å². The Morgan fingerprint density at radius 3 is 0.938 bits per heavy atom. The van der Waals surface area contributed by atoms with E-state index >= 15 is 0 Å². The van der Waals surface area contributed by atoms with E-state index < -0.39 is 6.10 Å². The normalized spacial score (nSPS) is 12.7. The molecule has 0 saturated heterocycles. The van der Waals surface area contributed by atoms with E-state index in [1.807, 2.05) is 0 Å². The molecule has 0 aromatic carbocycles. The van der Waals surface area contributed by atoms with Crippen molar-refractivity contribution in [2.45, 2.75) is 258 Å². The molecule has 6 nitrogen and oxygen atoms in total. The summed E-state index contributed by atoms with van der Waals surface area (Å²) in [6.07, 6.45) is 68.6. The molecule has 6 heteroatoms. The van der Waals surface area contributed by atoms with E-state index in [2.05, 4.69) is 106 Å². The maximum absolute atomic E-state index is 12.8. The predicted molar refractivity (Wildman–Crippen MR) is 279 cm³/mol. The van der Waals surface area contributed by atoms with E-state index in [9.17, 15) is 14.4 Å². The Bertz CT molecular complexity index is 1270. The van der Waals surface area contributed by atoms with Gasteiger partial charge in [-0.05, 0) is 96.3 Å². The fourth-order valence-electron chi connectivity index (χ4n) is 7.32. The summed E-state index contributed by atoms with van der Waals surface area (Å²) in [4.78, 5) is 38.0. The Labute approximate surface area is 401 Å². The van der Waals surface area contributed by atoms with Crippen molar-refractivity contribution < 1.29 is 28.6 Å². The van der Waals surface area contributed by atoms with E-state index in [1.165, 1.54) is 96.3 Å². The number of carbonyl (C=O) groups excluding carboxylic acids is 3. The van der Waals surface area contributed by atoms with Gasteiger partial charge in [-0.3, -0.25) is 14.4 Å². The third-order valence-electron chi connectivity index (χ3n) is 11.4. The molecule has 0 aliphatic heterocycles. The smallest absolute Gasteiger partial charge is 0.306 e. The van der Waals surface area contributed by atoms with Crippen LogP contribution >= 0.6 is 0 Å². The van der Waals surface area contributed by atoms with Crippen LogP contribution in [-0.4, -0.2) is 37.2 Å². The molecule has 0 aliphatic carbocycles. The van der Waals surface area contributed by atoms with Crippen LogP contribution in [0.5, 0.6) is 0 Å². The van der Waals surface area contributed by atoms with Crippen LogP contribution in [0.2, 0.25) is 0 Å². The average Bonchev–Trinajstić information content (AvgIpc) is 3.30. The van der Waals surface area contributed by atoms with Crippen LogP contribution in [0.1, 0.15) is 252 Å². The number of carbonyl (C=O) groups is 3. The summed E-state index contributed by atoms with van der Waals surface area (Å²) in [5, 5.41) is 0. The first-order chi connectivity index (χ1) is 32.0. The molecular formula is C59H100O6. The summed E-state index contributed by atoms with van der Waals surface area (Å²) < 4.78 is 16.8. The van der Waals surface area contributed by atoms with Gasteiger partial charge in [-0.25, -0.2) is 0 Å². The highest BCUT2D eigenvalue weighted by atomic mass is 16.6. The summed E-state index contributed by atoms with van der Waals surface area (Å²) in [5.41, 5.74) is 0. The first-order valence-electron chi connectivity index (χ1n) is 27.1. The molecule has 372 valence electrons. The second kappa shape index (κ2) is 53.2. The first-order valence-corrected chi connectivity index (χ1v) is 27.1. The second-order valence-corrected chi connectivity index (χ2v) is 17.8. The van der Waals surface area contributed by atoms with Crippen LogP contribution in [0.3, 0.4) is 0 Å². The van der Waals surface area contributed by atoms with Gasteiger partial charge >= 0.3 is 17.9 Å². The molecule has 65 heavy (non-hydrogen) atoms. The molecule has 0 amide bonds. The molecule has 0 heterocycles. The predicted octanol–water partition coefficient (Wildman–Crippen LogP) is 18.0. The molecule has 0 radical (unpaired) electrons. The summed E-state index contributed by atoms with van der Waals surface area (Å²) >= 11 is 0. The van der Waals surface area contributed by atoms with Gasteiger partial charge in [0.05, 0.1) is 0 Å². The Kier molecular flexibility index (Phi) is 50.4. The van der Waals surface area contributed by atoms with Crippen molar-refractivity contribution in [2.24, 2.45) is 0 Å². The molecule has 0 rings (SSSR count). The van der Waals surface area contributed by atoms with Crippen LogP contribution in [0.25, 0.3) is 0 Å². The highest BCUT2D eigenvalue weighted by Gasteiger charge is 2.19. The van der Waals surface area contributed by atoms with E-state index in [1.54, 1.807) is 0 Å². The fraction of sp³-hybridized carbons (Fsp3) is 0.712. The van der Waals surface area contributed by atoms with Crippen LogP contribution in [0.15, 0.2) is 85.1 Å². The molecule has 0 aliphatic rings. The standard InChI is InChI=1S/C59H100O6/c1-4-7-10-13-16-19-21-23-25-27-28-29-30-32-33-35-37-40-43-46-49-52-58(61)64-55-56(54-63-57(60)51-48-45-42-39-18-15-12-9-6-3)65-59(62)53-50-47-44-41-38-36-34-31-26-24-22-20-17-14-11-8-5-2/h8,11,17,20-21,23-24,26-28,30,32,34,36,56H,4-7,9-10,12-16,18-19,22,25,29,31,33,35,37-55H2,1-3H3/b11-8-,20-17-,23-21-,26-24-,28-27-,32-30-,36-34-. The van der Waals surface area contributed by atoms with Crippen LogP contribution in [0.4, 0.5) is 0 Å². The third-order valence-corrected chi connectivity index (χ3v) is 11.4. The molecule has 0 saturated carbocycles. The second-order valence-electron chi connectivity index (χ2n) is 17.8. The Balaban J connectivity index is 4.37. The zero-order valence-electron chi connectivity index (χ0n) is 42.5. The maximum Gasteiger partial charge on any atom is 0.306 e. The van der Waals surface area contributed by atoms with Crippen molar-refractivity contribution in [1.29, 1.82) is 0 Å². The third kappa shape index (κ3) is 51.4. The SMILES string of the molecule is CC/C=C\C/C=C\C/C=C\C/C=C\CCCCCCC(=O)OC(COC(=O)CCCCCCCC/C=C\C/C=C\C/C=C\CCCCCCC)COC(=O)CCCCCCCCCCC. The zero-order valence-corrected chi connectivity index (χ0v) is 42.5. The fourth-order valence-corrected chi connectivity index (χ4v) is 7.32. The van der Waals surface area contributed by atoms with Crippen molar-refractivity contribution >= 4 is 17.9 Å².